The Morgan fingerprint density at radius 2 is 1.92 bits per heavy atom. The highest BCUT2D eigenvalue weighted by Crippen LogP contribution is 2.56. The van der Waals surface area contributed by atoms with Crippen molar-refractivity contribution in [1.82, 2.24) is 0 Å². The van der Waals surface area contributed by atoms with E-state index in [0.29, 0.717) is 0 Å². The summed E-state index contributed by atoms with van der Waals surface area (Å²) in [6.07, 6.45) is 10.0. The number of fused-ring (bicyclic) bond motifs is 5. The molecule has 4 atom stereocenters. The molecule has 2 fully saturated rings. The Labute approximate surface area is 75.0 Å². The topological polar surface area (TPSA) is 0 Å². The van der Waals surface area contributed by atoms with Gasteiger partial charge in [-0.2, -0.15) is 0 Å². The van der Waals surface area contributed by atoms with Crippen LogP contribution in [0.2, 0.25) is 0 Å². The monoisotopic (exact) mass is 162 g/mol. The molecule has 12 heavy (non-hydrogen) atoms. The van der Waals surface area contributed by atoms with Crippen molar-refractivity contribution in [2.24, 2.45) is 23.7 Å². The SMILES string of the molecule is CC1=CCC2C3CCC(C3)C2C1. The molecular formula is C12H18. The largest absolute Gasteiger partial charge is 0.0853 e. The van der Waals surface area contributed by atoms with Crippen LogP contribution in [0.3, 0.4) is 0 Å². The quantitative estimate of drug-likeness (QED) is 0.479. The zero-order chi connectivity index (χ0) is 8.13. The summed E-state index contributed by atoms with van der Waals surface area (Å²) in [6.45, 7) is 2.32. The van der Waals surface area contributed by atoms with E-state index in [0.717, 1.165) is 23.7 Å². The zero-order valence-electron chi connectivity index (χ0n) is 7.92. The van der Waals surface area contributed by atoms with Crippen LogP contribution in [0, 0.1) is 23.7 Å². The van der Waals surface area contributed by atoms with Crippen LogP contribution >= 0.6 is 0 Å². The predicted molar refractivity (Wildman–Crippen MR) is 50.8 cm³/mol. The van der Waals surface area contributed by atoms with Gasteiger partial charge in [-0.15, -0.1) is 0 Å². The first-order valence-electron chi connectivity index (χ1n) is 5.50. The second kappa shape index (κ2) is 2.37. The van der Waals surface area contributed by atoms with Crippen LogP contribution in [0.5, 0.6) is 0 Å². The lowest BCUT2D eigenvalue weighted by Gasteiger charge is -2.34. The zero-order valence-corrected chi connectivity index (χ0v) is 7.92. The Balaban J connectivity index is 1.88. The van der Waals surface area contributed by atoms with Crippen molar-refractivity contribution in [3.05, 3.63) is 11.6 Å². The van der Waals surface area contributed by atoms with E-state index in [4.69, 9.17) is 0 Å². The molecule has 0 aromatic carbocycles. The van der Waals surface area contributed by atoms with Crippen molar-refractivity contribution >= 4 is 0 Å². The fourth-order valence-corrected chi connectivity index (χ4v) is 4.01. The average molecular weight is 162 g/mol. The van der Waals surface area contributed by atoms with Crippen molar-refractivity contribution in [2.45, 2.75) is 39.0 Å². The maximum atomic E-state index is 2.50. The summed E-state index contributed by atoms with van der Waals surface area (Å²) in [6, 6.07) is 0. The van der Waals surface area contributed by atoms with Crippen LogP contribution in [-0.2, 0) is 0 Å². The normalized spacial score (nSPS) is 50.6. The van der Waals surface area contributed by atoms with Crippen molar-refractivity contribution < 1.29 is 0 Å². The van der Waals surface area contributed by atoms with Gasteiger partial charge in [0.1, 0.15) is 0 Å². The molecule has 0 spiro atoms. The molecule has 2 bridgehead atoms. The van der Waals surface area contributed by atoms with Crippen LogP contribution in [-0.4, -0.2) is 0 Å². The van der Waals surface area contributed by atoms with Crippen molar-refractivity contribution in [3.63, 3.8) is 0 Å². The van der Waals surface area contributed by atoms with Gasteiger partial charge in [0.15, 0.2) is 0 Å². The van der Waals surface area contributed by atoms with E-state index >= 15 is 0 Å². The Morgan fingerprint density at radius 1 is 1.17 bits per heavy atom. The minimum atomic E-state index is 1.10. The van der Waals surface area contributed by atoms with Gasteiger partial charge in [-0.25, -0.2) is 0 Å². The maximum Gasteiger partial charge on any atom is -0.0289 e. The molecule has 0 aromatic rings. The van der Waals surface area contributed by atoms with Crippen LogP contribution in [0.25, 0.3) is 0 Å². The van der Waals surface area contributed by atoms with Crippen molar-refractivity contribution in [3.8, 4) is 0 Å². The number of rotatable bonds is 0. The van der Waals surface area contributed by atoms with Gasteiger partial charge >= 0.3 is 0 Å². The number of hydrogen-bond acceptors (Lipinski definition) is 0. The van der Waals surface area contributed by atoms with Gasteiger partial charge in [-0.05, 0) is 62.7 Å². The van der Waals surface area contributed by atoms with Crippen LogP contribution < -0.4 is 0 Å². The van der Waals surface area contributed by atoms with Crippen LogP contribution in [0.15, 0.2) is 11.6 Å². The first kappa shape index (κ1) is 7.17. The predicted octanol–water partition coefficient (Wildman–Crippen LogP) is 3.39. The Bertz CT molecular complexity index is 226. The minimum Gasteiger partial charge on any atom is -0.0853 e. The summed E-state index contributed by atoms with van der Waals surface area (Å²) >= 11 is 0. The molecule has 3 aliphatic carbocycles. The van der Waals surface area contributed by atoms with E-state index in [1.807, 2.05) is 0 Å². The summed E-state index contributed by atoms with van der Waals surface area (Å²) in [5, 5.41) is 0. The highest BCUT2D eigenvalue weighted by atomic mass is 14.5. The van der Waals surface area contributed by atoms with E-state index in [2.05, 4.69) is 13.0 Å². The van der Waals surface area contributed by atoms with Crippen LogP contribution in [0.1, 0.15) is 39.0 Å². The van der Waals surface area contributed by atoms with Crippen LogP contribution in [0.4, 0.5) is 0 Å². The highest BCUT2D eigenvalue weighted by molar-refractivity contribution is 5.11. The average Bonchev–Trinajstić information content (AvgIpc) is 2.63. The fourth-order valence-electron chi connectivity index (χ4n) is 4.01. The molecule has 0 N–H and O–H groups in total. The molecule has 66 valence electrons. The second-order valence-electron chi connectivity index (χ2n) is 5.15. The lowest BCUT2D eigenvalue weighted by molar-refractivity contribution is 0.210. The van der Waals surface area contributed by atoms with E-state index < -0.39 is 0 Å². The first-order chi connectivity index (χ1) is 5.84. The standard InChI is InChI=1S/C12H18/c1-8-2-5-11-9-3-4-10(7-9)12(11)6-8/h2,9-12H,3-7H2,1H3. The van der Waals surface area contributed by atoms with Crippen molar-refractivity contribution in [1.29, 1.82) is 0 Å². The van der Waals surface area contributed by atoms with E-state index in [1.165, 1.54) is 12.8 Å². The number of allylic oxidation sites excluding steroid dienone is 2. The smallest absolute Gasteiger partial charge is 0.0289 e. The van der Waals surface area contributed by atoms with E-state index in [1.54, 1.807) is 24.8 Å². The Morgan fingerprint density at radius 3 is 2.75 bits per heavy atom. The molecule has 0 saturated heterocycles. The molecule has 0 aromatic heterocycles. The van der Waals surface area contributed by atoms with Gasteiger partial charge in [-0.3, -0.25) is 0 Å². The minimum absolute atomic E-state index is 1.10. The Hall–Kier alpha value is -0.260. The molecule has 3 rings (SSSR count). The molecule has 3 aliphatic rings. The number of hydrogen-bond donors (Lipinski definition) is 0. The van der Waals surface area contributed by atoms with Crippen molar-refractivity contribution in [2.75, 3.05) is 0 Å². The third-order valence-corrected chi connectivity index (χ3v) is 4.57. The summed E-state index contributed by atoms with van der Waals surface area (Å²) in [5.74, 6) is 4.47. The van der Waals surface area contributed by atoms with E-state index in [-0.39, 0.29) is 0 Å². The summed E-state index contributed by atoms with van der Waals surface area (Å²) in [7, 11) is 0. The first-order valence-corrected chi connectivity index (χ1v) is 5.50. The second-order valence-corrected chi connectivity index (χ2v) is 5.15. The molecule has 2 saturated carbocycles. The molecule has 0 heteroatoms. The fraction of sp³-hybridized carbons (Fsp3) is 0.833. The molecule has 0 amide bonds. The summed E-state index contributed by atoms with van der Waals surface area (Å²) in [5.41, 5.74) is 1.67. The van der Waals surface area contributed by atoms with Gasteiger partial charge in [0.05, 0.1) is 0 Å². The lowest BCUT2D eigenvalue weighted by atomic mass is 9.72. The highest BCUT2D eigenvalue weighted by Gasteiger charge is 2.47. The molecule has 0 heterocycles. The van der Waals surface area contributed by atoms with Gasteiger partial charge in [-0.1, -0.05) is 11.6 Å². The van der Waals surface area contributed by atoms with Gasteiger partial charge in [0, 0.05) is 0 Å². The summed E-state index contributed by atoms with van der Waals surface area (Å²) < 4.78 is 0. The van der Waals surface area contributed by atoms with Gasteiger partial charge in [0.25, 0.3) is 0 Å². The molecule has 0 aliphatic heterocycles. The van der Waals surface area contributed by atoms with Gasteiger partial charge in [0.2, 0.25) is 0 Å². The molecular weight excluding hydrogens is 144 g/mol. The third-order valence-electron chi connectivity index (χ3n) is 4.57. The summed E-state index contributed by atoms with van der Waals surface area (Å²) in [4.78, 5) is 0. The lowest BCUT2D eigenvalue weighted by Crippen LogP contribution is -2.24. The van der Waals surface area contributed by atoms with Gasteiger partial charge < -0.3 is 0 Å². The maximum absolute atomic E-state index is 2.50. The molecule has 0 radical (unpaired) electrons. The Kier molecular flexibility index (Phi) is 1.42. The van der Waals surface area contributed by atoms with E-state index in [9.17, 15) is 0 Å². The molecule has 0 nitrogen and oxygen atoms in total. The third kappa shape index (κ3) is 0.841. The molecule has 4 unspecified atom stereocenters.